The number of carbonyl (C=O) groups excluding carboxylic acids is 5. The van der Waals surface area contributed by atoms with Gasteiger partial charge in [-0.3, -0.25) is 24.0 Å². The lowest BCUT2D eigenvalue weighted by Gasteiger charge is -2.05. The molecule has 3 aromatic rings. The second-order valence-corrected chi connectivity index (χ2v) is 13.6. The van der Waals surface area contributed by atoms with Crippen LogP contribution in [0, 0.1) is 6.92 Å². The number of H-pyrrole nitrogens is 2. The first-order chi connectivity index (χ1) is 26.8. The molecule has 0 saturated heterocycles. The number of ether oxygens (including phenoxy) is 5. The van der Waals surface area contributed by atoms with Crippen molar-refractivity contribution in [3.63, 3.8) is 0 Å². The second-order valence-electron chi connectivity index (χ2n) is 13.6. The Labute approximate surface area is 324 Å². The van der Waals surface area contributed by atoms with Crippen LogP contribution in [0.15, 0.2) is 24.3 Å². The quantitative estimate of drug-likeness (QED) is 0.137. The van der Waals surface area contributed by atoms with E-state index in [1.165, 1.54) is 35.5 Å². The summed E-state index contributed by atoms with van der Waals surface area (Å²) in [7, 11) is 6.69. The van der Waals surface area contributed by atoms with Crippen LogP contribution in [0.5, 0.6) is 0 Å². The van der Waals surface area contributed by atoms with Crippen LogP contribution in [0.4, 0.5) is 0 Å². The number of esters is 5. The van der Waals surface area contributed by atoms with Crippen molar-refractivity contribution in [2.24, 2.45) is 0 Å². The smallest absolute Gasteiger partial charge is 0.310 e. The number of hydrogen-bond donors (Lipinski definition) is 2. The van der Waals surface area contributed by atoms with E-state index in [1.54, 1.807) is 0 Å². The fourth-order valence-corrected chi connectivity index (χ4v) is 7.11. The monoisotopic (exact) mass is 768 g/mol. The molecule has 2 aliphatic rings. The molecule has 5 rings (SSSR count). The van der Waals surface area contributed by atoms with Crippen LogP contribution in [-0.2, 0) is 66.9 Å². The maximum atomic E-state index is 12.9. The van der Waals surface area contributed by atoms with Crippen LogP contribution >= 0.6 is 0 Å². The number of carbonyl (C=O) groups is 5. The molecule has 5 heterocycles. The summed E-state index contributed by atoms with van der Waals surface area (Å²) in [5.74, 6) is -1.97. The van der Waals surface area contributed by atoms with Crippen LogP contribution < -0.4 is 0 Å². The van der Waals surface area contributed by atoms with Crippen molar-refractivity contribution in [3.8, 4) is 0 Å². The first-order valence-corrected chi connectivity index (χ1v) is 18.3. The number of allylic oxidation sites excluding steroid dienone is 4. The highest BCUT2D eigenvalue weighted by atomic mass is 16.5. The molecular weight excluding hydrogens is 720 g/mol. The first kappa shape index (κ1) is 41.1. The summed E-state index contributed by atoms with van der Waals surface area (Å²) in [4.78, 5) is 79.6. The summed E-state index contributed by atoms with van der Waals surface area (Å²) in [6.07, 6.45) is 1.66. The normalized spacial score (nSPS) is 12.4. The van der Waals surface area contributed by atoms with Gasteiger partial charge >= 0.3 is 29.8 Å². The van der Waals surface area contributed by atoms with Crippen LogP contribution in [0.3, 0.4) is 0 Å². The molecule has 3 aromatic heterocycles. The molecular formula is C42H48N4O10. The number of aromatic amines is 2. The molecule has 0 amide bonds. The molecule has 14 heteroatoms. The highest BCUT2D eigenvalue weighted by Gasteiger charge is 2.24. The maximum Gasteiger partial charge on any atom is 0.310 e. The molecule has 8 bridgehead atoms. The molecule has 2 N–H and O–H groups in total. The Bertz CT molecular complexity index is 2310. The third-order valence-corrected chi connectivity index (χ3v) is 10.4. The summed E-state index contributed by atoms with van der Waals surface area (Å²) < 4.78 is 25.0. The van der Waals surface area contributed by atoms with Crippen molar-refractivity contribution >= 4 is 74.2 Å². The van der Waals surface area contributed by atoms with Gasteiger partial charge in [0.1, 0.15) is 0 Å². The van der Waals surface area contributed by atoms with Crippen LogP contribution in [-0.4, -0.2) is 85.3 Å². The van der Waals surface area contributed by atoms with Gasteiger partial charge in [-0.2, -0.15) is 0 Å². The first-order valence-electron chi connectivity index (χ1n) is 18.3. The van der Waals surface area contributed by atoms with Crippen molar-refractivity contribution in [2.75, 3.05) is 35.5 Å². The lowest BCUT2D eigenvalue weighted by molar-refractivity contribution is -0.141. The van der Waals surface area contributed by atoms with Gasteiger partial charge in [-0.25, -0.2) is 9.97 Å². The van der Waals surface area contributed by atoms with Crippen molar-refractivity contribution in [1.29, 1.82) is 0 Å². The Morgan fingerprint density at radius 2 is 0.857 bits per heavy atom. The highest BCUT2D eigenvalue weighted by Crippen LogP contribution is 2.38. The number of nitrogens with one attached hydrogen (secondary N) is 2. The van der Waals surface area contributed by atoms with Crippen LogP contribution in [0.25, 0.3) is 44.4 Å². The molecule has 0 atom stereocenters. The topological polar surface area (TPSA) is 189 Å². The van der Waals surface area contributed by atoms with Crippen molar-refractivity contribution in [1.82, 2.24) is 19.9 Å². The average Bonchev–Trinajstić information content (AvgIpc) is 3.86. The highest BCUT2D eigenvalue weighted by molar-refractivity contribution is 5.97. The third-order valence-electron chi connectivity index (χ3n) is 10.4. The lowest BCUT2D eigenvalue weighted by atomic mass is 9.98. The van der Waals surface area contributed by atoms with Gasteiger partial charge in [-0.15, -0.1) is 0 Å². The van der Waals surface area contributed by atoms with Gasteiger partial charge in [-0.1, -0.05) is 0 Å². The largest absolute Gasteiger partial charge is 0.469 e. The minimum atomic E-state index is -0.477. The van der Waals surface area contributed by atoms with Crippen molar-refractivity contribution < 1.29 is 47.7 Å². The molecule has 0 saturated carbocycles. The van der Waals surface area contributed by atoms with Gasteiger partial charge in [0.15, 0.2) is 0 Å². The van der Waals surface area contributed by atoms with E-state index in [9.17, 15) is 24.0 Å². The number of hydrogen-bond acceptors (Lipinski definition) is 12. The fraction of sp³-hybridized carbons (Fsp3) is 0.405. The summed E-state index contributed by atoms with van der Waals surface area (Å²) in [6.45, 7) is 5.83. The van der Waals surface area contributed by atoms with E-state index in [1.807, 2.05) is 45.0 Å². The van der Waals surface area contributed by atoms with E-state index in [2.05, 4.69) is 9.97 Å². The maximum absolute atomic E-state index is 12.9. The zero-order valence-electron chi connectivity index (χ0n) is 33.2. The predicted octanol–water partition coefficient (Wildman–Crippen LogP) is 6.32. The SMILES string of the molecule is COC(=O)CCC1=C(C)c2cc3[nH]c(cc4[nH]c(cc5nc(cc1n2)C(C)=C5CCC(=O)OC)c(C)c4CCC(=O)OC)c(CC(=O)OC)c3CCC(=O)OC. The van der Waals surface area contributed by atoms with Gasteiger partial charge < -0.3 is 33.7 Å². The molecule has 14 nitrogen and oxygen atoms in total. The molecule has 0 aliphatic carbocycles. The van der Waals surface area contributed by atoms with Gasteiger partial charge in [-0.05, 0) is 115 Å². The molecule has 0 fully saturated rings. The molecule has 0 unspecified atom stereocenters. The Balaban J connectivity index is 1.93. The molecule has 296 valence electrons. The zero-order chi connectivity index (χ0) is 40.7. The van der Waals surface area contributed by atoms with Gasteiger partial charge in [0, 0.05) is 47.8 Å². The number of rotatable bonds is 14. The zero-order valence-corrected chi connectivity index (χ0v) is 33.2. The standard InChI is InChI=1S/C42H48N4O10/c1-22-25(9-13-38(47)52-4)33-19-31-24(3)27(11-15-40(49)54-6)35(45-31)21-37-29(17-42(51)56-8)28(12-16-41(50)55-7)36(46-37)20-32-23(2)26(10-14-39(48)53-5)34(44-32)18-30(22)43-33/h18-21,45-46H,9-17H2,1-8H3. The van der Waals surface area contributed by atoms with Crippen LogP contribution in [0.1, 0.15) is 97.4 Å². The Morgan fingerprint density at radius 3 is 1.38 bits per heavy atom. The Morgan fingerprint density at radius 1 is 0.464 bits per heavy atom. The minimum absolute atomic E-state index is 0.0487. The number of nitrogens with zero attached hydrogens (tertiary/aromatic N) is 2. The fourth-order valence-electron chi connectivity index (χ4n) is 7.11. The second kappa shape index (κ2) is 18.1. The van der Waals surface area contributed by atoms with E-state index in [0.717, 1.165) is 38.9 Å². The van der Waals surface area contributed by atoms with Crippen molar-refractivity contribution in [3.05, 3.63) is 69.3 Å². The third kappa shape index (κ3) is 9.07. The van der Waals surface area contributed by atoms with E-state index in [-0.39, 0.29) is 56.4 Å². The Hall–Kier alpha value is -6.05. The van der Waals surface area contributed by atoms with Gasteiger partial charge in [0.05, 0.1) is 64.7 Å². The Kier molecular flexibility index (Phi) is 13.3. The summed E-state index contributed by atoms with van der Waals surface area (Å²) in [5, 5.41) is 0. The predicted molar refractivity (Wildman–Crippen MR) is 210 cm³/mol. The van der Waals surface area contributed by atoms with E-state index >= 15 is 0 Å². The molecule has 56 heavy (non-hydrogen) atoms. The molecule has 0 spiro atoms. The van der Waals surface area contributed by atoms with E-state index in [0.29, 0.717) is 69.7 Å². The molecule has 2 aliphatic heterocycles. The number of aryl methyl sites for hydroxylation is 3. The number of methoxy groups -OCH3 is 5. The van der Waals surface area contributed by atoms with E-state index < -0.39 is 11.9 Å². The van der Waals surface area contributed by atoms with Gasteiger partial charge in [0.25, 0.3) is 0 Å². The molecule has 0 radical (unpaired) electrons. The summed E-state index contributed by atoms with van der Waals surface area (Å²) in [5.41, 5.74) is 11.6. The van der Waals surface area contributed by atoms with Gasteiger partial charge in [0.2, 0.25) is 0 Å². The average molecular weight is 769 g/mol. The summed E-state index contributed by atoms with van der Waals surface area (Å²) >= 11 is 0. The van der Waals surface area contributed by atoms with Crippen LogP contribution in [0.2, 0.25) is 0 Å². The minimum Gasteiger partial charge on any atom is -0.469 e. The number of aromatic nitrogens is 4. The van der Waals surface area contributed by atoms with E-state index in [4.69, 9.17) is 33.7 Å². The number of fused-ring (bicyclic) bond motifs is 8. The van der Waals surface area contributed by atoms with Crippen molar-refractivity contribution in [2.45, 2.75) is 78.6 Å². The molecule has 0 aromatic carbocycles. The summed E-state index contributed by atoms with van der Waals surface area (Å²) in [6, 6.07) is 7.58. The lowest BCUT2D eigenvalue weighted by Crippen LogP contribution is -2.07.